The highest BCUT2D eigenvalue weighted by molar-refractivity contribution is 14.0. The highest BCUT2D eigenvalue weighted by Crippen LogP contribution is 2.17. The van der Waals surface area contributed by atoms with Gasteiger partial charge < -0.3 is 14.8 Å². The van der Waals surface area contributed by atoms with E-state index in [9.17, 15) is 0 Å². The van der Waals surface area contributed by atoms with Crippen molar-refractivity contribution in [2.24, 2.45) is 12.0 Å². The summed E-state index contributed by atoms with van der Waals surface area (Å²) in [5.74, 6) is 0.875. The Morgan fingerprint density at radius 1 is 1.30 bits per heavy atom. The summed E-state index contributed by atoms with van der Waals surface area (Å²) in [5, 5.41) is 5.72. The van der Waals surface area contributed by atoms with Gasteiger partial charge in [-0.15, -0.1) is 24.0 Å². The number of aliphatic imine (C=N–C) groups is 1. The maximum absolute atomic E-state index is 4.81. The van der Waals surface area contributed by atoms with E-state index in [0.29, 0.717) is 6.54 Å². The van der Waals surface area contributed by atoms with Crippen LogP contribution in [0.1, 0.15) is 18.3 Å². The Labute approximate surface area is 186 Å². The van der Waals surface area contributed by atoms with Gasteiger partial charge in [-0.05, 0) is 40.4 Å². The molecule has 0 saturated carbocycles. The topological polar surface area (TPSA) is 45.5 Å². The van der Waals surface area contributed by atoms with E-state index in [2.05, 4.69) is 81.1 Å². The Morgan fingerprint density at radius 2 is 2.07 bits per heavy atom. The summed E-state index contributed by atoms with van der Waals surface area (Å²) in [7, 11) is 4.11. The number of hydrogen-bond acceptors (Lipinski definition) is 2. The van der Waals surface area contributed by atoms with Crippen molar-refractivity contribution in [1.82, 2.24) is 19.8 Å². The zero-order valence-corrected chi connectivity index (χ0v) is 19.7. The number of rotatable bonds is 5. The first-order valence-corrected chi connectivity index (χ1v) is 9.50. The van der Waals surface area contributed by atoms with E-state index in [1.54, 1.807) is 0 Å². The van der Waals surface area contributed by atoms with E-state index in [0.717, 1.165) is 34.6 Å². The fourth-order valence-corrected chi connectivity index (χ4v) is 3.54. The lowest BCUT2D eigenvalue weighted by Crippen LogP contribution is -2.38. The van der Waals surface area contributed by atoms with Crippen molar-refractivity contribution in [2.75, 3.05) is 13.6 Å². The average molecular weight is 542 g/mol. The number of nitrogens with zero attached hydrogens (tertiary/aromatic N) is 4. The standard InChI is InChI=1S/C20H24BrN5.HI/c1-4-22-20(26(3)14-17-11-16(21)13-25(17)2)24-12-19-18-8-6-5-7-15(18)9-10-23-19;/h5-11,13H,4,12,14H2,1-3H3,(H,22,24);1H. The van der Waals surface area contributed by atoms with E-state index in [1.807, 2.05) is 24.4 Å². The number of aryl methyl sites for hydroxylation is 1. The van der Waals surface area contributed by atoms with Crippen LogP contribution >= 0.6 is 39.9 Å². The van der Waals surface area contributed by atoms with Crippen LogP contribution in [0.4, 0.5) is 0 Å². The van der Waals surface area contributed by atoms with E-state index in [4.69, 9.17) is 4.99 Å². The number of benzene rings is 1. The molecule has 3 rings (SSSR count). The molecule has 0 unspecified atom stereocenters. The van der Waals surface area contributed by atoms with Gasteiger partial charge in [0.1, 0.15) is 0 Å². The van der Waals surface area contributed by atoms with E-state index >= 15 is 0 Å². The third-order valence-electron chi connectivity index (χ3n) is 4.30. The molecule has 1 N–H and O–H groups in total. The monoisotopic (exact) mass is 541 g/mol. The van der Waals surface area contributed by atoms with Crippen LogP contribution in [0.25, 0.3) is 10.8 Å². The van der Waals surface area contributed by atoms with Crippen molar-refractivity contribution in [1.29, 1.82) is 0 Å². The van der Waals surface area contributed by atoms with Gasteiger partial charge in [-0.2, -0.15) is 0 Å². The summed E-state index contributed by atoms with van der Waals surface area (Å²) in [4.78, 5) is 11.5. The Hall–Kier alpha value is -1.61. The molecule has 2 heterocycles. The number of pyridine rings is 1. The van der Waals surface area contributed by atoms with Crippen LogP contribution in [-0.4, -0.2) is 34.0 Å². The molecule has 1 aromatic carbocycles. The predicted octanol–water partition coefficient (Wildman–Crippen LogP) is 4.55. The minimum absolute atomic E-state index is 0. The quantitative estimate of drug-likeness (QED) is 0.293. The third kappa shape index (κ3) is 5.44. The molecular formula is C20H25BrIN5. The van der Waals surface area contributed by atoms with E-state index in [1.165, 1.54) is 11.1 Å². The van der Waals surface area contributed by atoms with Crippen LogP contribution in [0.3, 0.4) is 0 Å². The first-order chi connectivity index (χ1) is 12.6. The van der Waals surface area contributed by atoms with Crippen molar-refractivity contribution in [3.63, 3.8) is 0 Å². The molecule has 0 aliphatic rings. The van der Waals surface area contributed by atoms with Gasteiger partial charge in [0, 0.05) is 48.6 Å². The number of fused-ring (bicyclic) bond motifs is 1. The van der Waals surface area contributed by atoms with Crippen molar-refractivity contribution >= 4 is 56.6 Å². The Bertz CT molecular complexity index is 916. The van der Waals surface area contributed by atoms with E-state index < -0.39 is 0 Å². The lowest BCUT2D eigenvalue weighted by atomic mass is 10.1. The number of halogens is 2. The highest BCUT2D eigenvalue weighted by Gasteiger charge is 2.10. The minimum Gasteiger partial charge on any atom is -0.357 e. The lowest BCUT2D eigenvalue weighted by molar-refractivity contribution is 0.462. The molecule has 0 fully saturated rings. The summed E-state index contributed by atoms with van der Waals surface area (Å²) in [5.41, 5.74) is 2.21. The van der Waals surface area contributed by atoms with Crippen LogP contribution in [0.2, 0.25) is 0 Å². The second kappa shape index (κ2) is 10.1. The van der Waals surface area contributed by atoms with E-state index in [-0.39, 0.29) is 24.0 Å². The number of aromatic nitrogens is 2. The molecule has 0 spiro atoms. The second-order valence-electron chi connectivity index (χ2n) is 6.27. The molecule has 5 nitrogen and oxygen atoms in total. The molecule has 27 heavy (non-hydrogen) atoms. The fraction of sp³-hybridized carbons (Fsp3) is 0.300. The molecule has 7 heteroatoms. The smallest absolute Gasteiger partial charge is 0.194 e. The van der Waals surface area contributed by atoms with Crippen molar-refractivity contribution < 1.29 is 0 Å². The summed E-state index contributed by atoms with van der Waals surface area (Å²) >= 11 is 3.53. The van der Waals surface area contributed by atoms with Crippen LogP contribution in [0, 0.1) is 0 Å². The summed E-state index contributed by atoms with van der Waals surface area (Å²) < 4.78 is 3.21. The molecular weight excluding hydrogens is 517 g/mol. The zero-order chi connectivity index (χ0) is 18.5. The van der Waals surface area contributed by atoms with Crippen LogP contribution in [-0.2, 0) is 20.1 Å². The molecule has 0 amide bonds. The lowest BCUT2D eigenvalue weighted by Gasteiger charge is -2.22. The summed E-state index contributed by atoms with van der Waals surface area (Å²) in [6.45, 7) is 4.23. The first kappa shape index (κ1) is 21.7. The average Bonchev–Trinajstić information content (AvgIpc) is 2.95. The summed E-state index contributed by atoms with van der Waals surface area (Å²) in [6, 6.07) is 12.5. The fourth-order valence-electron chi connectivity index (χ4n) is 2.97. The molecule has 144 valence electrons. The first-order valence-electron chi connectivity index (χ1n) is 8.71. The minimum atomic E-state index is 0. The van der Waals surface area contributed by atoms with Gasteiger partial charge in [0.05, 0.1) is 18.8 Å². The highest BCUT2D eigenvalue weighted by atomic mass is 127. The molecule has 0 aliphatic carbocycles. The van der Waals surface area contributed by atoms with Gasteiger partial charge in [0.15, 0.2) is 5.96 Å². The largest absolute Gasteiger partial charge is 0.357 e. The second-order valence-corrected chi connectivity index (χ2v) is 7.18. The predicted molar refractivity (Wildman–Crippen MR) is 127 cm³/mol. The normalized spacial score (nSPS) is 11.3. The Morgan fingerprint density at radius 3 is 2.78 bits per heavy atom. The zero-order valence-electron chi connectivity index (χ0n) is 15.8. The Kier molecular flexibility index (Phi) is 8.09. The van der Waals surface area contributed by atoms with Gasteiger partial charge in [-0.1, -0.05) is 24.3 Å². The van der Waals surface area contributed by atoms with Crippen LogP contribution in [0.15, 0.2) is 58.3 Å². The van der Waals surface area contributed by atoms with Gasteiger partial charge in [-0.25, -0.2) is 4.99 Å². The number of guanidine groups is 1. The van der Waals surface area contributed by atoms with Crippen molar-refractivity contribution in [3.8, 4) is 0 Å². The number of hydrogen-bond donors (Lipinski definition) is 1. The van der Waals surface area contributed by atoms with Gasteiger partial charge in [0.25, 0.3) is 0 Å². The Balaban J connectivity index is 0.00000261. The van der Waals surface area contributed by atoms with Gasteiger partial charge >= 0.3 is 0 Å². The maximum Gasteiger partial charge on any atom is 0.194 e. The number of nitrogens with one attached hydrogen (secondary N) is 1. The van der Waals surface area contributed by atoms with Crippen LogP contribution < -0.4 is 5.32 Å². The van der Waals surface area contributed by atoms with Gasteiger partial charge in [-0.3, -0.25) is 4.98 Å². The molecule has 2 aromatic heterocycles. The molecule has 0 radical (unpaired) electrons. The molecule has 3 aromatic rings. The molecule has 0 atom stereocenters. The van der Waals surface area contributed by atoms with Gasteiger partial charge in [0.2, 0.25) is 0 Å². The molecule has 0 saturated heterocycles. The maximum atomic E-state index is 4.81. The summed E-state index contributed by atoms with van der Waals surface area (Å²) in [6.07, 6.45) is 3.92. The van der Waals surface area contributed by atoms with Crippen molar-refractivity contribution in [3.05, 3.63) is 64.7 Å². The molecule has 0 bridgehead atoms. The third-order valence-corrected chi connectivity index (χ3v) is 4.74. The molecule has 0 aliphatic heterocycles. The SMILES string of the molecule is CCNC(=NCc1nccc2ccccc12)N(C)Cc1cc(Br)cn1C.I. The van der Waals surface area contributed by atoms with Crippen molar-refractivity contribution in [2.45, 2.75) is 20.0 Å². The van der Waals surface area contributed by atoms with Crippen LogP contribution in [0.5, 0.6) is 0 Å².